The zero-order valence-corrected chi connectivity index (χ0v) is 13.3. The molecule has 2 amide bonds. The van der Waals surface area contributed by atoms with Crippen molar-refractivity contribution in [1.29, 1.82) is 0 Å². The quantitative estimate of drug-likeness (QED) is 0.910. The summed E-state index contributed by atoms with van der Waals surface area (Å²) in [4.78, 5) is 14.0. The SMILES string of the molecule is O=C(NCc1ccc(Cl)cc1)N1CCC2(CC1)OCCCO2. The van der Waals surface area contributed by atoms with Crippen LogP contribution in [0, 0.1) is 0 Å². The lowest BCUT2D eigenvalue weighted by molar-refractivity contribution is -0.281. The van der Waals surface area contributed by atoms with Crippen LogP contribution in [0.4, 0.5) is 4.79 Å². The van der Waals surface area contributed by atoms with Gasteiger partial charge in [0.05, 0.1) is 13.2 Å². The van der Waals surface area contributed by atoms with Crippen LogP contribution in [0.5, 0.6) is 0 Å². The first-order valence-electron chi connectivity index (χ1n) is 7.72. The van der Waals surface area contributed by atoms with E-state index in [9.17, 15) is 4.79 Å². The van der Waals surface area contributed by atoms with Crippen molar-refractivity contribution >= 4 is 17.6 Å². The van der Waals surface area contributed by atoms with E-state index in [0.29, 0.717) is 24.7 Å². The van der Waals surface area contributed by atoms with Gasteiger partial charge in [-0.1, -0.05) is 23.7 Å². The number of halogens is 1. The Labute approximate surface area is 135 Å². The number of likely N-dealkylation sites (tertiary alicyclic amines) is 1. The van der Waals surface area contributed by atoms with Gasteiger partial charge >= 0.3 is 6.03 Å². The summed E-state index contributed by atoms with van der Waals surface area (Å²) in [5, 5.41) is 3.64. The van der Waals surface area contributed by atoms with Crippen LogP contribution in [0.3, 0.4) is 0 Å². The van der Waals surface area contributed by atoms with Crippen LogP contribution in [0.15, 0.2) is 24.3 Å². The average Bonchev–Trinajstić information content (AvgIpc) is 2.55. The van der Waals surface area contributed by atoms with Crippen molar-refractivity contribution in [3.63, 3.8) is 0 Å². The minimum absolute atomic E-state index is 0.0411. The third-order valence-corrected chi connectivity index (χ3v) is 4.44. The predicted molar refractivity (Wildman–Crippen MR) is 83.7 cm³/mol. The molecule has 1 spiro atoms. The lowest BCUT2D eigenvalue weighted by atomic mass is 10.0. The number of carbonyl (C=O) groups excluding carboxylic acids is 1. The molecule has 6 heteroatoms. The number of urea groups is 1. The highest BCUT2D eigenvalue weighted by molar-refractivity contribution is 6.30. The molecule has 2 saturated heterocycles. The van der Waals surface area contributed by atoms with E-state index < -0.39 is 5.79 Å². The molecule has 1 aromatic carbocycles. The number of ether oxygens (including phenoxy) is 2. The summed E-state index contributed by atoms with van der Waals surface area (Å²) in [7, 11) is 0. The predicted octanol–water partition coefficient (Wildman–Crippen LogP) is 2.78. The minimum atomic E-state index is -0.453. The first-order valence-corrected chi connectivity index (χ1v) is 8.10. The van der Waals surface area contributed by atoms with Gasteiger partial charge in [0.15, 0.2) is 5.79 Å². The second kappa shape index (κ2) is 6.86. The Morgan fingerprint density at radius 1 is 1.18 bits per heavy atom. The fourth-order valence-corrected chi connectivity index (χ4v) is 2.97. The molecule has 2 aliphatic heterocycles. The molecule has 0 atom stereocenters. The van der Waals surface area contributed by atoms with Crippen molar-refractivity contribution in [3.05, 3.63) is 34.9 Å². The smallest absolute Gasteiger partial charge is 0.317 e. The Balaban J connectivity index is 1.46. The molecule has 0 radical (unpaired) electrons. The Morgan fingerprint density at radius 2 is 1.82 bits per heavy atom. The highest BCUT2D eigenvalue weighted by Crippen LogP contribution is 2.30. The molecule has 3 rings (SSSR count). The van der Waals surface area contributed by atoms with Crippen LogP contribution in [0.25, 0.3) is 0 Å². The molecule has 1 N–H and O–H groups in total. The monoisotopic (exact) mass is 324 g/mol. The van der Waals surface area contributed by atoms with Crippen LogP contribution in [-0.4, -0.2) is 43.0 Å². The third-order valence-electron chi connectivity index (χ3n) is 4.19. The maximum absolute atomic E-state index is 12.2. The molecule has 1 aromatic rings. The van der Waals surface area contributed by atoms with E-state index in [0.717, 1.165) is 38.0 Å². The molecule has 0 unspecified atom stereocenters. The van der Waals surface area contributed by atoms with E-state index in [1.54, 1.807) is 0 Å². The molecule has 5 nitrogen and oxygen atoms in total. The molecule has 2 aliphatic rings. The van der Waals surface area contributed by atoms with Gasteiger partial charge in [0.1, 0.15) is 0 Å². The van der Waals surface area contributed by atoms with Gasteiger partial charge in [-0.3, -0.25) is 0 Å². The zero-order valence-electron chi connectivity index (χ0n) is 12.5. The summed E-state index contributed by atoms with van der Waals surface area (Å²) in [5.41, 5.74) is 1.03. The van der Waals surface area contributed by atoms with Crippen molar-refractivity contribution in [2.24, 2.45) is 0 Å². The van der Waals surface area contributed by atoms with Gasteiger partial charge in [0, 0.05) is 37.5 Å². The first-order chi connectivity index (χ1) is 10.7. The topological polar surface area (TPSA) is 50.8 Å². The van der Waals surface area contributed by atoms with Gasteiger partial charge in [-0.2, -0.15) is 0 Å². The number of carbonyl (C=O) groups is 1. The number of nitrogens with one attached hydrogen (secondary N) is 1. The Morgan fingerprint density at radius 3 is 2.45 bits per heavy atom. The van der Waals surface area contributed by atoms with Gasteiger partial charge in [0.25, 0.3) is 0 Å². The standard InChI is InChI=1S/C16H21ClN2O3/c17-14-4-2-13(3-5-14)12-18-15(20)19-8-6-16(7-9-19)21-10-1-11-22-16/h2-5H,1,6-12H2,(H,18,20). The molecule has 0 aliphatic carbocycles. The number of amides is 2. The Bertz CT molecular complexity index is 505. The lowest BCUT2D eigenvalue weighted by Crippen LogP contribution is -2.53. The number of rotatable bonds is 2. The maximum atomic E-state index is 12.2. The van der Waals surface area contributed by atoms with E-state index in [1.165, 1.54) is 0 Å². The van der Waals surface area contributed by atoms with E-state index in [-0.39, 0.29) is 6.03 Å². The summed E-state index contributed by atoms with van der Waals surface area (Å²) in [5.74, 6) is -0.453. The van der Waals surface area contributed by atoms with Crippen LogP contribution >= 0.6 is 11.6 Å². The maximum Gasteiger partial charge on any atom is 0.317 e. The Kier molecular flexibility index (Phi) is 4.86. The highest BCUT2D eigenvalue weighted by Gasteiger charge is 2.39. The minimum Gasteiger partial charge on any atom is -0.350 e. The van der Waals surface area contributed by atoms with Crippen molar-refractivity contribution in [2.75, 3.05) is 26.3 Å². The second-order valence-corrected chi connectivity index (χ2v) is 6.17. The number of nitrogens with zero attached hydrogens (tertiary/aromatic N) is 1. The fraction of sp³-hybridized carbons (Fsp3) is 0.562. The van der Waals surface area contributed by atoms with E-state index in [1.807, 2.05) is 29.2 Å². The van der Waals surface area contributed by atoms with Gasteiger partial charge in [-0.15, -0.1) is 0 Å². The summed E-state index contributed by atoms with van der Waals surface area (Å²) in [6, 6.07) is 7.44. The van der Waals surface area contributed by atoms with Gasteiger partial charge < -0.3 is 19.7 Å². The van der Waals surface area contributed by atoms with Gasteiger partial charge in [0.2, 0.25) is 0 Å². The molecule has 0 bridgehead atoms. The van der Waals surface area contributed by atoms with Crippen LogP contribution in [-0.2, 0) is 16.0 Å². The highest BCUT2D eigenvalue weighted by atomic mass is 35.5. The van der Waals surface area contributed by atoms with Crippen molar-refractivity contribution < 1.29 is 14.3 Å². The summed E-state index contributed by atoms with van der Waals surface area (Å²) in [6.07, 6.45) is 2.43. The van der Waals surface area contributed by atoms with E-state index >= 15 is 0 Å². The van der Waals surface area contributed by atoms with Crippen molar-refractivity contribution in [3.8, 4) is 0 Å². The van der Waals surface area contributed by atoms with Crippen LogP contribution in [0.1, 0.15) is 24.8 Å². The summed E-state index contributed by atoms with van der Waals surface area (Å²) in [6.45, 7) is 3.33. The molecule has 0 aromatic heterocycles. The van der Waals surface area contributed by atoms with E-state index in [4.69, 9.17) is 21.1 Å². The third kappa shape index (κ3) is 3.72. The molecule has 2 heterocycles. The number of hydrogen-bond acceptors (Lipinski definition) is 3. The van der Waals surface area contributed by atoms with Crippen LogP contribution in [0.2, 0.25) is 5.02 Å². The van der Waals surface area contributed by atoms with E-state index in [2.05, 4.69) is 5.32 Å². The largest absolute Gasteiger partial charge is 0.350 e. The summed E-state index contributed by atoms with van der Waals surface area (Å²) >= 11 is 5.85. The molecular weight excluding hydrogens is 304 g/mol. The normalized spacial score (nSPS) is 20.9. The number of benzene rings is 1. The van der Waals surface area contributed by atoms with Crippen molar-refractivity contribution in [2.45, 2.75) is 31.6 Å². The molecular formula is C16H21ClN2O3. The molecule has 0 saturated carbocycles. The van der Waals surface area contributed by atoms with Gasteiger partial charge in [-0.25, -0.2) is 4.79 Å². The van der Waals surface area contributed by atoms with Crippen LogP contribution < -0.4 is 5.32 Å². The fourth-order valence-electron chi connectivity index (χ4n) is 2.85. The summed E-state index contributed by atoms with van der Waals surface area (Å²) < 4.78 is 11.6. The van der Waals surface area contributed by atoms with Gasteiger partial charge in [-0.05, 0) is 24.1 Å². The molecule has 22 heavy (non-hydrogen) atoms. The zero-order chi connectivity index (χ0) is 15.4. The number of hydrogen-bond donors (Lipinski definition) is 1. The van der Waals surface area contributed by atoms with Crippen molar-refractivity contribution in [1.82, 2.24) is 10.2 Å². The molecule has 2 fully saturated rings. The Hall–Kier alpha value is -1.30. The number of piperidine rings is 1. The average molecular weight is 325 g/mol. The lowest BCUT2D eigenvalue weighted by Gasteiger charge is -2.43. The molecule has 120 valence electrons. The second-order valence-electron chi connectivity index (χ2n) is 5.73. The first kappa shape index (κ1) is 15.6.